The Morgan fingerprint density at radius 1 is 1.21 bits per heavy atom. The van der Waals surface area contributed by atoms with Crippen molar-refractivity contribution in [2.75, 3.05) is 5.43 Å². The number of anilines is 1. The third-order valence-electron chi connectivity index (χ3n) is 3.46. The van der Waals surface area contributed by atoms with Crippen LogP contribution in [0.25, 0.3) is 11.3 Å². The van der Waals surface area contributed by atoms with Gasteiger partial charge < -0.3 is 0 Å². The lowest BCUT2D eigenvalue weighted by Gasteiger charge is -2.10. The highest BCUT2D eigenvalue weighted by molar-refractivity contribution is 9.10. The normalized spacial score (nSPS) is 10.5. The summed E-state index contributed by atoms with van der Waals surface area (Å²) in [6, 6.07) is 12.9. The van der Waals surface area contributed by atoms with Crippen LogP contribution in [0.1, 0.15) is 10.4 Å². The van der Waals surface area contributed by atoms with E-state index in [1.807, 2.05) is 31.3 Å². The lowest BCUT2D eigenvalue weighted by molar-refractivity contribution is 0.0962. The Balaban J connectivity index is 1.73. The summed E-state index contributed by atoms with van der Waals surface area (Å²) in [6.07, 6.45) is 1.73. The van der Waals surface area contributed by atoms with Crippen LogP contribution in [0.2, 0.25) is 0 Å². The molecule has 0 aliphatic carbocycles. The number of carbonyl (C=O) groups excluding carboxylic acids is 1. The van der Waals surface area contributed by atoms with Crippen LogP contribution in [-0.2, 0) is 7.05 Å². The lowest BCUT2D eigenvalue weighted by atomic mass is 10.1. The van der Waals surface area contributed by atoms with Gasteiger partial charge in [-0.3, -0.25) is 20.3 Å². The van der Waals surface area contributed by atoms with E-state index in [9.17, 15) is 9.18 Å². The Hall–Kier alpha value is -2.67. The molecule has 0 saturated heterocycles. The second kappa shape index (κ2) is 6.84. The van der Waals surface area contributed by atoms with Crippen LogP contribution in [0.5, 0.6) is 0 Å². The van der Waals surface area contributed by atoms with Crippen LogP contribution < -0.4 is 10.9 Å². The molecular formula is C17H14BrFN4O. The molecule has 1 amide bonds. The fourth-order valence-electron chi connectivity index (χ4n) is 2.28. The number of nitrogens with one attached hydrogen (secondary N) is 2. The average Bonchev–Trinajstić information content (AvgIpc) is 2.92. The van der Waals surface area contributed by atoms with Crippen LogP contribution in [0, 0.1) is 5.82 Å². The van der Waals surface area contributed by atoms with Crippen molar-refractivity contribution in [1.29, 1.82) is 0 Å². The first kappa shape index (κ1) is 16.2. The lowest BCUT2D eigenvalue weighted by Crippen LogP contribution is -2.29. The maximum absolute atomic E-state index is 12.9. The zero-order valence-electron chi connectivity index (χ0n) is 12.8. The number of hydrogen-bond donors (Lipinski definition) is 2. The molecule has 0 bridgehead atoms. The Bertz CT molecular complexity index is 857. The number of carbonyl (C=O) groups is 1. The van der Waals surface area contributed by atoms with Gasteiger partial charge in [0.05, 0.1) is 22.1 Å². The van der Waals surface area contributed by atoms with E-state index >= 15 is 0 Å². The van der Waals surface area contributed by atoms with Gasteiger partial charge in [0.2, 0.25) is 0 Å². The van der Waals surface area contributed by atoms with E-state index in [4.69, 9.17) is 0 Å². The number of hydrogen-bond acceptors (Lipinski definition) is 3. The average molecular weight is 389 g/mol. The number of halogens is 2. The maximum atomic E-state index is 12.9. The molecule has 0 fully saturated rings. The van der Waals surface area contributed by atoms with Gasteiger partial charge in [0.15, 0.2) is 0 Å². The molecule has 5 nitrogen and oxygen atoms in total. The molecule has 0 saturated carbocycles. The largest absolute Gasteiger partial charge is 0.298 e. The number of amides is 1. The van der Waals surface area contributed by atoms with Gasteiger partial charge in [-0.05, 0) is 52.3 Å². The van der Waals surface area contributed by atoms with E-state index in [-0.39, 0.29) is 11.7 Å². The molecule has 7 heteroatoms. The molecule has 0 aliphatic rings. The first-order valence-electron chi connectivity index (χ1n) is 7.14. The Kier molecular flexibility index (Phi) is 4.61. The summed E-state index contributed by atoms with van der Waals surface area (Å²) < 4.78 is 15.5. The zero-order valence-corrected chi connectivity index (χ0v) is 14.3. The number of nitrogens with zero attached hydrogens (tertiary/aromatic N) is 2. The van der Waals surface area contributed by atoms with Gasteiger partial charge in [-0.2, -0.15) is 5.10 Å². The van der Waals surface area contributed by atoms with Gasteiger partial charge in [0, 0.05) is 18.2 Å². The Labute approximate surface area is 146 Å². The number of benzene rings is 2. The first-order valence-corrected chi connectivity index (χ1v) is 7.94. The summed E-state index contributed by atoms with van der Waals surface area (Å²) in [7, 11) is 1.86. The van der Waals surface area contributed by atoms with Crippen LogP contribution in [0.4, 0.5) is 10.1 Å². The van der Waals surface area contributed by atoms with Gasteiger partial charge in [-0.25, -0.2) is 4.39 Å². The molecule has 24 heavy (non-hydrogen) atoms. The molecule has 1 aromatic heterocycles. The smallest absolute Gasteiger partial charge is 0.269 e. The van der Waals surface area contributed by atoms with Gasteiger partial charge in [-0.15, -0.1) is 0 Å². The highest BCUT2D eigenvalue weighted by atomic mass is 79.9. The first-order chi connectivity index (χ1) is 11.5. The third kappa shape index (κ3) is 3.46. The zero-order chi connectivity index (χ0) is 17.1. The summed E-state index contributed by atoms with van der Waals surface area (Å²) in [4.78, 5) is 12.0. The molecule has 0 radical (unpaired) electrons. The van der Waals surface area contributed by atoms with Gasteiger partial charge in [-0.1, -0.05) is 12.1 Å². The van der Waals surface area contributed by atoms with E-state index in [0.717, 1.165) is 21.4 Å². The van der Waals surface area contributed by atoms with Crippen LogP contribution >= 0.6 is 15.9 Å². The summed E-state index contributed by atoms with van der Waals surface area (Å²) in [5.41, 5.74) is 8.42. The predicted octanol–water partition coefficient (Wildman–Crippen LogP) is 3.75. The van der Waals surface area contributed by atoms with Crippen molar-refractivity contribution in [3.63, 3.8) is 0 Å². The molecule has 3 aromatic rings. The monoisotopic (exact) mass is 388 g/mol. The summed E-state index contributed by atoms with van der Waals surface area (Å²) in [5, 5.41) is 4.19. The van der Waals surface area contributed by atoms with Gasteiger partial charge in [0.25, 0.3) is 5.91 Å². The van der Waals surface area contributed by atoms with Crippen LogP contribution in [-0.4, -0.2) is 15.7 Å². The van der Waals surface area contributed by atoms with Crippen molar-refractivity contribution in [3.05, 3.63) is 70.6 Å². The number of aromatic nitrogens is 2. The van der Waals surface area contributed by atoms with E-state index in [1.54, 1.807) is 10.9 Å². The fraction of sp³-hybridized carbons (Fsp3) is 0.0588. The molecule has 0 spiro atoms. The summed E-state index contributed by atoms with van der Waals surface area (Å²) in [5.74, 6) is -0.726. The fourth-order valence-corrected chi connectivity index (χ4v) is 2.86. The molecule has 1 heterocycles. The molecule has 0 atom stereocenters. The Morgan fingerprint density at radius 2 is 1.96 bits per heavy atom. The maximum Gasteiger partial charge on any atom is 0.269 e. The quantitative estimate of drug-likeness (QED) is 0.669. The second-order valence-electron chi connectivity index (χ2n) is 5.13. The van der Waals surface area contributed by atoms with E-state index in [0.29, 0.717) is 5.56 Å². The van der Waals surface area contributed by atoms with E-state index in [1.165, 1.54) is 24.3 Å². The third-order valence-corrected chi connectivity index (χ3v) is 4.04. The second-order valence-corrected chi connectivity index (χ2v) is 5.99. The minimum atomic E-state index is -0.381. The molecule has 0 aliphatic heterocycles. The number of rotatable bonds is 4. The SMILES string of the molecule is Cn1ncc(Br)c1-c1cccc(NNC(=O)c2ccc(F)cc2)c1. The molecule has 2 aromatic carbocycles. The minimum absolute atomic E-state index is 0.345. The topological polar surface area (TPSA) is 59.0 Å². The van der Waals surface area contributed by atoms with Crippen molar-refractivity contribution in [1.82, 2.24) is 15.2 Å². The van der Waals surface area contributed by atoms with Crippen molar-refractivity contribution in [2.24, 2.45) is 7.05 Å². The highest BCUT2D eigenvalue weighted by Gasteiger charge is 2.10. The minimum Gasteiger partial charge on any atom is -0.298 e. The standard InChI is InChI=1S/C17H14BrFN4O/c1-23-16(15(18)10-20-23)12-3-2-4-14(9-12)21-22-17(24)11-5-7-13(19)8-6-11/h2-10,21H,1H3,(H,22,24). The molecular weight excluding hydrogens is 375 g/mol. The van der Waals surface area contributed by atoms with Crippen LogP contribution in [0.15, 0.2) is 59.2 Å². The van der Waals surface area contributed by atoms with Crippen LogP contribution in [0.3, 0.4) is 0 Å². The van der Waals surface area contributed by atoms with Crippen molar-refractivity contribution in [2.45, 2.75) is 0 Å². The number of aryl methyl sites for hydroxylation is 1. The van der Waals surface area contributed by atoms with E-state index in [2.05, 4.69) is 31.9 Å². The van der Waals surface area contributed by atoms with Crippen molar-refractivity contribution in [3.8, 4) is 11.3 Å². The van der Waals surface area contributed by atoms with Gasteiger partial charge in [0.1, 0.15) is 5.82 Å². The van der Waals surface area contributed by atoms with Gasteiger partial charge >= 0.3 is 0 Å². The highest BCUT2D eigenvalue weighted by Crippen LogP contribution is 2.28. The predicted molar refractivity (Wildman–Crippen MR) is 93.8 cm³/mol. The number of hydrazine groups is 1. The summed E-state index contributed by atoms with van der Waals surface area (Å²) >= 11 is 3.47. The van der Waals surface area contributed by atoms with Crippen molar-refractivity contribution >= 4 is 27.5 Å². The molecule has 3 rings (SSSR count). The van der Waals surface area contributed by atoms with Crippen molar-refractivity contribution < 1.29 is 9.18 Å². The molecule has 122 valence electrons. The Morgan fingerprint density at radius 3 is 2.62 bits per heavy atom. The van der Waals surface area contributed by atoms with E-state index < -0.39 is 0 Å². The molecule has 0 unspecified atom stereocenters. The molecule has 2 N–H and O–H groups in total. The summed E-state index contributed by atoms with van der Waals surface area (Å²) in [6.45, 7) is 0.